The van der Waals surface area contributed by atoms with Gasteiger partial charge < -0.3 is 4.90 Å². The van der Waals surface area contributed by atoms with E-state index < -0.39 is 0 Å². The SMILES string of the molecule is CCN(CCCn1cncn1)CC(C)(C)C. The van der Waals surface area contributed by atoms with E-state index in [1.807, 2.05) is 4.68 Å². The standard InChI is InChI=1S/C12H24N4/c1-5-15(9-12(2,3)4)7-6-8-16-11-13-10-14-16/h10-11H,5-9H2,1-4H3. The molecule has 1 aromatic heterocycles. The molecule has 92 valence electrons. The third-order valence-corrected chi connectivity index (χ3v) is 2.47. The molecule has 1 rings (SSSR count). The molecule has 0 atom stereocenters. The third kappa shape index (κ3) is 5.26. The number of aromatic nitrogens is 3. The number of hydrogen-bond acceptors (Lipinski definition) is 3. The smallest absolute Gasteiger partial charge is 0.137 e. The van der Waals surface area contributed by atoms with Gasteiger partial charge in [0.25, 0.3) is 0 Å². The van der Waals surface area contributed by atoms with Crippen LogP contribution in [0.15, 0.2) is 12.7 Å². The lowest BCUT2D eigenvalue weighted by Crippen LogP contribution is -2.33. The van der Waals surface area contributed by atoms with E-state index in [1.54, 1.807) is 12.7 Å². The van der Waals surface area contributed by atoms with E-state index in [0.717, 1.165) is 32.6 Å². The highest BCUT2D eigenvalue weighted by Crippen LogP contribution is 2.15. The highest BCUT2D eigenvalue weighted by Gasteiger charge is 2.14. The lowest BCUT2D eigenvalue weighted by atomic mass is 9.96. The van der Waals surface area contributed by atoms with Crippen molar-refractivity contribution >= 4 is 0 Å². The van der Waals surface area contributed by atoms with E-state index in [0.29, 0.717) is 5.41 Å². The summed E-state index contributed by atoms with van der Waals surface area (Å²) in [6.07, 6.45) is 4.50. The minimum Gasteiger partial charge on any atom is -0.303 e. The van der Waals surface area contributed by atoms with Crippen LogP contribution in [0.1, 0.15) is 34.1 Å². The summed E-state index contributed by atoms with van der Waals surface area (Å²) in [6.45, 7) is 13.4. The van der Waals surface area contributed by atoms with E-state index in [2.05, 4.69) is 42.7 Å². The molecule has 0 aromatic carbocycles. The predicted molar refractivity (Wildman–Crippen MR) is 66.2 cm³/mol. The van der Waals surface area contributed by atoms with Crippen LogP contribution in [-0.4, -0.2) is 39.3 Å². The van der Waals surface area contributed by atoms with Gasteiger partial charge in [0.2, 0.25) is 0 Å². The molecule has 0 saturated carbocycles. The number of hydrogen-bond donors (Lipinski definition) is 0. The molecule has 0 N–H and O–H groups in total. The van der Waals surface area contributed by atoms with Gasteiger partial charge in [0.05, 0.1) is 0 Å². The van der Waals surface area contributed by atoms with Gasteiger partial charge in [0, 0.05) is 13.1 Å². The molecule has 16 heavy (non-hydrogen) atoms. The van der Waals surface area contributed by atoms with Gasteiger partial charge >= 0.3 is 0 Å². The van der Waals surface area contributed by atoms with Crippen LogP contribution >= 0.6 is 0 Å². The quantitative estimate of drug-likeness (QED) is 0.741. The summed E-state index contributed by atoms with van der Waals surface area (Å²) in [5.41, 5.74) is 0.378. The van der Waals surface area contributed by atoms with Crippen LogP contribution in [0.4, 0.5) is 0 Å². The van der Waals surface area contributed by atoms with Crippen molar-refractivity contribution in [3.05, 3.63) is 12.7 Å². The summed E-state index contributed by atoms with van der Waals surface area (Å²) in [5.74, 6) is 0. The average molecular weight is 224 g/mol. The lowest BCUT2D eigenvalue weighted by Gasteiger charge is -2.28. The molecule has 0 aliphatic carbocycles. The van der Waals surface area contributed by atoms with E-state index in [-0.39, 0.29) is 0 Å². The molecule has 4 nitrogen and oxygen atoms in total. The fourth-order valence-electron chi connectivity index (χ4n) is 1.82. The summed E-state index contributed by atoms with van der Waals surface area (Å²) in [7, 11) is 0. The molecule has 0 saturated heterocycles. The first-order valence-electron chi connectivity index (χ1n) is 6.06. The maximum Gasteiger partial charge on any atom is 0.137 e. The zero-order valence-electron chi connectivity index (χ0n) is 11.0. The second-order valence-corrected chi connectivity index (χ2v) is 5.44. The Bertz CT molecular complexity index is 274. The van der Waals surface area contributed by atoms with Gasteiger partial charge in [-0.05, 0) is 24.9 Å². The highest BCUT2D eigenvalue weighted by atomic mass is 15.3. The van der Waals surface area contributed by atoms with Crippen molar-refractivity contribution in [1.82, 2.24) is 19.7 Å². The molecule has 1 heterocycles. The van der Waals surface area contributed by atoms with Crippen LogP contribution in [0.3, 0.4) is 0 Å². The summed E-state index contributed by atoms with van der Waals surface area (Å²) in [4.78, 5) is 6.43. The summed E-state index contributed by atoms with van der Waals surface area (Å²) in [5, 5.41) is 4.10. The Morgan fingerprint density at radius 2 is 2.06 bits per heavy atom. The summed E-state index contributed by atoms with van der Waals surface area (Å²) in [6, 6.07) is 0. The predicted octanol–water partition coefficient (Wildman–Crippen LogP) is 2.04. The Kier molecular flexibility index (Phi) is 4.93. The molecule has 0 unspecified atom stereocenters. The van der Waals surface area contributed by atoms with Crippen LogP contribution in [0.2, 0.25) is 0 Å². The van der Waals surface area contributed by atoms with Gasteiger partial charge in [0.15, 0.2) is 0 Å². The zero-order chi connectivity index (χ0) is 12.0. The second kappa shape index (κ2) is 5.99. The maximum atomic E-state index is 4.10. The maximum absolute atomic E-state index is 4.10. The van der Waals surface area contributed by atoms with Crippen molar-refractivity contribution in [2.24, 2.45) is 5.41 Å². The van der Waals surface area contributed by atoms with Gasteiger partial charge in [-0.2, -0.15) is 5.10 Å². The van der Waals surface area contributed by atoms with E-state index >= 15 is 0 Å². The third-order valence-electron chi connectivity index (χ3n) is 2.47. The fraction of sp³-hybridized carbons (Fsp3) is 0.833. The minimum absolute atomic E-state index is 0.378. The Labute approximate surface area is 98.7 Å². The van der Waals surface area contributed by atoms with Crippen LogP contribution < -0.4 is 0 Å². The first kappa shape index (κ1) is 13.2. The number of rotatable bonds is 6. The lowest BCUT2D eigenvalue weighted by molar-refractivity contribution is 0.194. The molecule has 0 radical (unpaired) electrons. The summed E-state index contributed by atoms with van der Waals surface area (Å²) >= 11 is 0. The van der Waals surface area contributed by atoms with Crippen molar-refractivity contribution in [3.8, 4) is 0 Å². The van der Waals surface area contributed by atoms with Gasteiger partial charge in [-0.15, -0.1) is 0 Å². The van der Waals surface area contributed by atoms with Crippen molar-refractivity contribution < 1.29 is 0 Å². The molecular weight excluding hydrogens is 200 g/mol. The average Bonchev–Trinajstić information content (AvgIpc) is 2.67. The molecular formula is C12H24N4. The monoisotopic (exact) mass is 224 g/mol. The van der Waals surface area contributed by atoms with Gasteiger partial charge in [-0.1, -0.05) is 27.7 Å². The molecule has 4 heteroatoms. The van der Waals surface area contributed by atoms with E-state index in [4.69, 9.17) is 0 Å². The molecule has 0 bridgehead atoms. The normalized spacial score (nSPS) is 12.3. The first-order valence-corrected chi connectivity index (χ1v) is 6.06. The minimum atomic E-state index is 0.378. The van der Waals surface area contributed by atoms with Crippen molar-refractivity contribution in [2.75, 3.05) is 19.6 Å². The Morgan fingerprint density at radius 3 is 2.56 bits per heavy atom. The van der Waals surface area contributed by atoms with Crippen molar-refractivity contribution in [2.45, 2.75) is 40.7 Å². The van der Waals surface area contributed by atoms with E-state index in [1.165, 1.54) is 0 Å². The van der Waals surface area contributed by atoms with Gasteiger partial charge in [-0.25, -0.2) is 4.98 Å². The molecule has 1 aromatic rings. The molecule has 0 aliphatic heterocycles. The Morgan fingerprint density at radius 1 is 1.31 bits per heavy atom. The Hall–Kier alpha value is -0.900. The van der Waals surface area contributed by atoms with Crippen LogP contribution in [0.5, 0.6) is 0 Å². The Balaban J connectivity index is 2.24. The van der Waals surface area contributed by atoms with E-state index in [9.17, 15) is 0 Å². The topological polar surface area (TPSA) is 34.0 Å². The van der Waals surface area contributed by atoms with Crippen LogP contribution in [0, 0.1) is 5.41 Å². The molecule has 0 amide bonds. The second-order valence-electron chi connectivity index (χ2n) is 5.44. The molecule has 0 spiro atoms. The highest BCUT2D eigenvalue weighted by molar-refractivity contribution is 4.68. The number of aryl methyl sites for hydroxylation is 1. The van der Waals surface area contributed by atoms with Crippen LogP contribution in [0.25, 0.3) is 0 Å². The van der Waals surface area contributed by atoms with Crippen LogP contribution in [-0.2, 0) is 6.54 Å². The fourth-order valence-corrected chi connectivity index (χ4v) is 1.82. The zero-order valence-corrected chi connectivity index (χ0v) is 11.0. The molecule has 0 aliphatic rings. The van der Waals surface area contributed by atoms with Crippen molar-refractivity contribution in [1.29, 1.82) is 0 Å². The largest absolute Gasteiger partial charge is 0.303 e. The summed E-state index contributed by atoms with van der Waals surface area (Å²) < 4.78 is 1.89. The first-order chi connectivity index (χ1) is 7.51. The van der Waals surface area contributed by atoms with Crippen molar-refractivity contribution in [3.63, 3.8) is 0 Å². The number of nitrogens with zero attached hydrogens (tertiary/aromatic N) is 4. The van der Waals surface area contributed by atoms with Gasteiger partial charge in [0.1, 0.15) is 12.7 Å². The molecule has 0 fully saturated rings. The van der Waals surface area contributed by atoms with Gasteiger partial charge in [-0.3, -0.25) is 4.68 Å².